The van der Waals surface area contributed by atoms with Crippen molar-refractivity contribution in [2.24, 2.45) is 0 Å². The van der Waals surface area contributed by atoms with Gasteiger partial charge in [-0.3, -0.25) is 47.6 Å². The first-order valence-corrected chi connectivity index (χ1v) is 33.9. The van der Waals surface area contributed by atoms with Crippen molar-refractivity contribution >= 4 is 103 Å². The Morgan fingerprint density at radius 3 is 1.99 bits per heavy atom. The van der Waals surface area contributed by atoms with Crippen LogP contribution in [0.2, 0.25) is 0 Å². The molecule has 3 fully saturated rings. The Balaban J connectivity index is 1.11. The number of aliphatic hydroxyl groups is 1. The maximum absolute atomic E-state index is 14.2. The smallest absolute Gasteiger partial charge is 0.330 e. The average Bonchev–Trinajstić information content (AvgIpc) is 4.11. The van der Waals surface area contributed by atoms with Crippen LogP contribution in [0, 0.1) is 13.8 Å². The zero-order valence-corrected chi connectivity index (χ0v) is 48.2. The molecule has 0 aromatic carbocycles. The average molecular weight is 1240 g/mol. The van der Waals surface area contributed by atoms with Gasteiger partial charge in [0.15, 0.2) is 24.2 Å². The van der Waals surface area contributed by atoms with Gasteiger partial charge in [0.2, 0.25) is 5.95 Å². The van der Waals surface area contributed by atoms with Crippen LogP contribution in [0.5, 0.6) is 0 Å². The topological polar surface area (TPSA) is 393 Å². The molecule has 424 valence electrons. The number of nitrogens with zero attached hydrogens (tertiary/aromatic N) is 5. The van der Waals surface area contributed by atoms with E-state index >= 15 is 0 Å². The van der Waals surface area contributed by atoms with Crippen LogP contribution in [0.3, 0.4) is 0 Å². The Morgan fingerprint density at radius 1 is 0.789 bits per heavy atom. The number of fused-ring (bicyclic) bond motifs is 1. The van der Waals surface area contributed by atoms with Crippen molar-refractivity contribution in [1.82, 2.24) is 38.6 Å². The first kappa shape index (κ1) is 61.4. The van der Waals surface area contributed by atoms with Crippen molar-refractivity contribution in [1.29, 1.82) is 0 Å². The number of hydrogen-bond acceptors (Lipinski definition) is 29. The van der Waals surface area contributed by atoms with Gasteiger partial charge < -0.3 is 100 Å². The van der Waals surface area contributed by atoms with E-state index in [1.54, 1.807) is 13.8 Å². The fourth-order valence-electron chi connectivity index (χ4n) is 8.03. The summed E-state index contributed by atoms with van der Waals surface area (Å²) in [7, 11) is 1.24. The molecular formula is C37H51N9O21P4S5-4. The Kier molecular flexibility index (Phi) is 20.4. The predicted molar refractivity (Wildman–Crippen MR) is 278 cm³/mol. The number of methoxy groups -OCH3 is 1. The zero-order valence-electron chi connectivity index (χ0n) is 40.5. The summed E-state index contributed by atoms with van der Waals surface area (Å²) in [5.41, 5.74) is -1.68. The number of nitrogen functional groups attached to an aromatic ring is 1. The molecule has 0 amide bonds. The molecule has 39 heteroatoms. The van der Waals surface area contributed by atoms with Gasteiger partial charge >= 0.3 is 11.4 Å². The maximum Gasteiger partial charge on any atom is 0.330 e. The van der Waals surface area contributed by atoms with Gasteiger partial charge in [0.1, 0.15) is 56.4 Å². The van der Waals surface area contributed by atoms with E-state index < -0.39 is 141 Å². The molecule has 0 radical (unpaired) electrons. The number of aryl methyl sites for hydroxylation is 2. The number of nitrogens with two attached hydrogens (primary N) is 1. The van der Waals surface area contributed by atoms with E-state index in [1.807, 2.05) is 0 Å². The summed E-state index contributed by atoms with van der Waals surface area (Å²) in [6.45, 7) is -9.41. The molecule has 3 aliphatic rings. The Morgan fingerprint density at radius 2 is 1.37 bits per heavy atom. The molecule has 7 rings (SSSR count). The SMILES string of the molecule is CO[C@H]1C(OP([O-])(=S)OCCCO)[C@@H](COP(=S)([S-])OC2C[C@H](n3cc(C)c(=O)[nH]c3=O)O[C@@H]2COP(=O)([S-])OC2C[C@H](n3cnc4c(=O)[nH]c(N)nc43)O[C@@H]2COP([O-])(=S)OC(C)C)O[C@H]1n1cc(C)c(=O)[nH]c1=O. The lowest BCUT2D eigenvalue weighted by atomic mass is 10.1. The zero-order chi connectivity index (χ0) is 55.7. The maximum atomic E-state index is 14.2. The summed E-state index contributed by atoms with van der Waals surface area (Å²) in [6.07, 6.45) is -9.83. The standard InChI is InChI=1S/C37H55N9O21P4S5/c1-17(2)64-69(54,73)58-13-22-20(9-26(62-22)46-16-39-27-30(46)40-35(38)41-33(27)50)65-70(55,74)59-14-23-21(10-25(61-23)44-11-18(3)31(48)42-36(44)51)66-71(75,76)60-15-24-28(67-68(53,72)57-8-6-7-47)29(56-5)34(63-24)45-12-19(4)32(49)43-37(45)52/h11-12,16-17,20-26,28-29,34,47H,6-10,13-15H2,1-5H3,(H,53,72)(H,54,73)(H,55,74)(H,75,76)(H,42,48,51)(H,43,49,52)(H3,38,40,41,50)/p-4/t20?,21?,22-,23-,24-,25-,26-,28?,29+,34-,68?,69?,70?/m1/s1. The van der Waals surface area contributed by atoms with Crippen LogP contribution >= 0.6 is 25.9 Å². The monoisotopic (exact) mass is 1240 g/mol. The number of rotatable bonds is 25. The number of hydrogen-bond donors (Lipinski definition) is 5. The van der Waals surface area contributed by atoms with E-state index in [1.165, 1.54) is 44.2 Å². The first-order valence-electron chi connectivity index (χ1n) is 22.6. The number of aromatic nitrogens is 8. The van der Waals surface area contributed by atoms with Gasteiger partial charge in [0.05, 0.1) is 56.8 Å². The molecule has 6 N–H and O–H groups in total. The van der Waals surface area contributed by atoms with Gasteiger partial charge in [-0.25, -0.2) is 14.6 Å². The van der Waals surface area contributed by atoms with E-state index in [-0.39, 0.29) is 60.7 Å². The molecule has 4 aromatic rings. The predicted octanol–water partition coefficient (Wildman–Crippen LogP) is -0.468. The lowest BCUT2D eigenvalue weighted by Gasteiger charge is -2.36. The summed E-state index contributed by atoms with van der Waals surface area (Å²) >= 11 is 26.9. The number of nitrogens with one attached hydrogen (secondary N) is 3. The third-order valence-corrected chi connectivity index (χ3v) is 18.4. The third-order valence-electron chi connectivity index (χ3n) is 11.4. The van der Waals surface area contributed by atoms with Crippen molar-refractivity contribution in [2.75, 3.05) is 45.9 Å². The van der Waals surface area contributed by atoms with E-state index in [2.05, 4.69) is 24.9 Å². The molecule has 0 saturated carbocycles. The summed E-state index contributed by atoms with van der Waals surface area (Å²) in [5.74, 6) is -0.223. The van der Waals surface area contributed by atoms with Crippen LogP contribution in [0.15, 0.2) is 42.7 Å². The van der Waals surface area contributed by atoms with Crippen molar-refractivity contribution in [3.05, 3.63) is 81.9 Å². The van der Waals surface area contributed by atoms with Gasteiger partial charge in [0, 0.05) is 50.1 Å². The quantitative estimate of drug-likeness (QED) is 0.0318. The highest BCUT2D eigenvalue weighted by Crippen LogP contribution is 2.55. The van der Waals surface area contributed by atoms with E-state index in [9.17, 15) is 43.4 Å². The van der Waals surface area contributed by atoms with Crippen molar-refractivity contribution in [3.8, 4) is 0 Å². The van der Waals surface area contributed by atoms with E-state index in [0.29, 0.717) is 0 Å². The van der Waals surface area contributed by atoms with Crippen LogP contribution in [0.4, 0.5) is 5.95 Å². The highest BCUT2D eigenvalue weighted by molar-refractivity contribution is 8.51. The lowest BCUT2D eigenvalue weighted by Crippen LogP contribution is -2.41. The molecule has 0 aliphatic carbocycles. The number of anilines is 1. The highest BCUT2D eigenvalue weighted by atomic mass is 32.9. The largest absolute Gasteiger partial charge is 0.780 e. The number of aromatic amines is 3. The van der Waals surface area contributed by atoms with E-state index in [0.717, 1.165) is 9.13 Å². The minimum atomic E-state index is -4.65. The van der Waals surface area contributed by atoms with Crippen molar-refractivity contribution < 1.29 is 74.6 Å². The molecule has 0 bridgehead atoms. The van der Waals surface area contributed by atoms with Crippen LogP contribution in [0.1, 0.15) is 62.9 Å². The van der Waals surface area contributed by atoms with Crippen LogP contribution in [-0.2, 0) is 120 Å². The number of H-pyrrole nitrogens is 3. The third kappa shape index (κ3) is 15.4. The fourth-order valence-corrected chi connectivity index (χ4v) is 14.6. The Hall–Kier alpha value is -2.21. The molecule has 3 aliphatic heterocycles. The van der Waals surface area contributed by atoms with Crippen LogP contribution in [-0.4, -0.2) is 133 Å². The van der Waals surface area contributed by atoms with Crippen LogP contribution in [0.25, 0.3) is 11.2 Å². The van der Waals surface area contributed by atoms with Gasteiger partial charge in [-0.2, -0.15) is 4.98 Å². The highest BCUT2D eigenvalue weighted by Gasteiger charge is 2.49. The summed E-state index contributed by atoms with van der Waals surface area (Å²) in [6, 6.07) is 0. The van der Waals surface area contributed by atoms with Gasteiger partial charge in [-0.1, -0.05) is 35.4 Å². The second-order valence-corrected chi connectivity index (χ2v) is 30.4. The minimum absolute atomic E-state index is 0.0239. The molecule has 7 unspecified atom stereocenters. The number of ether oxygens (including phenoxy) is 4. The molecule has 4 aromatic heterocycles. The number of aliphatic hydroxyl groups excluding tert-OH is 1. The van der Waals surface area contributed by atoms with Gasteiger partial charge in [0.25, 0.3) is 16.7 Å². The Bertz CT molecular complexity index is 3250. The molecule has 3 saturated heterocycles. The molecule has 14 atom stereocenters. The molecule has 30 nitrogen and oxygen atoms in total. The first-order chi connectivity index (χ1) is 35.6. The fraction of sp³-hybridized carbons (Fsp3) is 0.649. The summed E-state index contributed by atoms with van der Waals surface area (Å²) in [5, 5.41) is 9.23. The minimum Gasteiger partial charge on any atom is -0.780 e. The van der Waals surface area contributed by atoms with Crippen LogP contribution < -0.4 is 43.6 Å². The van der Waals surface area contributed by atoms with Gasteiger partial charge in [-0.05, 0) is 34.1 Å². The second-order valence-electron chi connectivity index (χ2n) is 17.3. The molecule has 76 heavy (non-hydrogen) atoms. The second kappa shape index (κ2) is 25.3. The lowest BCUT2D eigenvalue weighted by molar-refractivity contribution is -0.215. The van der Waals surface area contributed by atoms with Crippen molar-refractivity contribution in [2.45, 2.75) is 114 Å². The number of imidazole rings is 1. The molecular weight excluding hydrogens is 1190 g/mol. The normalized spacial score (nSPS) is 28.1. The van der Waals surface area contributed by atoms with Gasteiger partial charge in [-0.15, -0.1) is 0 Å². The molecule has 0 spiro atoms. The summed E-state index contributed by atoms with van der Waals surface area (Å²) < 4.78 is 87.5. The van der Waals surface area contributed by atoms with E-state index in [4.69, 9.17) is 121 Å². The molecule has 7 heterocycles. The van der Waals surface area contributed by atoms with Crippen molar-refractivity contribution in [3.63, 3.8) is 0 Å². The summed E-state index contributed by atoms with van der Waals surface area (Å²) in [4.78, 5) is 105. The Labute approximate surface area is 456 Å².